The Morgan fingerprint density at radius 1 is 1.04 bits per heavy atom. The molecule has 0 saturated heterocycles. The molecule has 0 fully saturated rings. The van der Waals surface area contributed by atoms with Crippen LogP contribution in [-0.2, 0) is 16.1 Å². The van der Waals surface area contributed by atoms with Gasteiger partial charge in [0.15, 0.2) is 0 Å². The van der Waals surface area contributed by atoms with E-state index in [-0.39, 0.29) is 11.8 Å². The lowest BCUT2D eigenvalue weighted by atomic mass is 9.90. The summed E-state index contributed by atoms with van der Waals surface area (Å²) in [7, 11) is 0. The number of carbonyl (C=O) groups excluding carboxylic acids is 2. The molecule has 0 heterocycles. The first-order valence-electron chi connectivity index (χ1n) is 8.78. The Labute approximate surface area is 144 Å². The maximum Gasteiger partial charge on any atom is 0.235 e. The molecule has 2 amide bonds. The van der Waals surface area contributed by atoms with Crippen LogP contribution in [0.4, 0.5) is 0 Å². The number of carbonyl (C=O) groups is 2. The van der Waals surface area contributed by atoms with Crippen LogP contribution in [0.2, 0.25) is 0 Å². The first-order chi connectivity index (χ1) is 11.5. The molecule has 0 atom stereocenters. The average Bonchev–Trinajstić information content (AvgIpc) is 2.61. The van der Waals surface area contributed by atoms with Gasteiger partial charge in [0.25, 0.3) is 0 Å². The van der Waals surface area contributed by atoms with Crippen molar-refractivity contribution in [2.45, 2.75) is 52.5 Å². The Bertz CT molecular complexity index is 591. The zero-order chi connectivity index (χ0) is 17.4. The largest absolute Gasteiger partial charge is 0.355 e. The number of nitrogens with one attached hydrogen (secondary N) is 2. The second kappa shape index (κ2) is 8.67. The molecule has 2 rings (SSSR count). The Morgan fingerprint density at radius 2 is 1.75 bits per heavy atom. The SMILES string of the molecule is CC(C)(C(=O)NCCC1=CCCCC1)C(=O)NCc1ccccc1. The maximum atomic E-state index is 12.4. The molecule has 0 spiro atoms. The highest BCUT2D eigenvalue weighted by Crippen LogP contribution is 2.20. The van der Waals surface area contributed by atoms with Gasteiger partial charge in [0.05, 0.1) is 0 Å². The smallest absolute Gasteiger partial charge is 0.235 e. The molecule has 0 aromatic heterocycles. The van der Waals surface area contributed by atoms with E-state index in [2.05, 4.69) is 16.7 Å². The topological polar surface area (TPSA) is 58.2 Å². The maximum absolute atomic E-state index is 12.4. The van der Waals surface area contributed by atoms with E-state index in [1.54, 1.807) is 13.8 Å². The summed E-state index contributed by atoms with van der Waals surface area (Å²) in [6.45, 7) is 4.37. The molecular weight excluding hydrogens is 300 g/mol. The highest BCUT2D eigenvalue weighted by molar-refractivity contribution is 6.04. The molecule has 1 aliphatic carbocycles. The number of rotatable bonds is 7. The van der Waals surface area contributed by atoms with Crippen LogP contribution in [-0.4, -0.2) is 18.4 Å². The number of allylic oxidation sites excluding steroid dienone is 1. The van der Waals surface area contributed by atoms with Gasteiger partial charge in [-0.1, -0.05) is 42.0 Å². The van der Waals surface area contributed by atoms with Crippen LogP contribution in [0.25, 0.3) is 0 Å². The summed E-state index contributed by atoms with van der Waals surface area (Å²) in [5, 5.41) is 5.76. The van der Waals surface area contributed by atoms with Crippen LogP contribution < -0.4 is 10.6 Å². The lowest BCUT2D eigenvalue weighted by Gasteiger charge is -2.23. The fraction of sp³-hybridized carbons (Fsp3) is 0.500. The first-order valence-corrected chi connectivity index (χ1v) is 8.78. The van der Waals surface area contributed by atoms with Crippen molar-refractivity contribution in [2.75, 3.05) is 6.54 Å². The molecule has 0 aliphatic heterocycles. The fourth-order valence-electron chi connectivity index (χ4n) is 2.79. The molecule has 2 N–H and O–H groups in total. The van der Waals surface area contributed by atoms with Gasteiger partial charge in [-0.05, 0) is 51.5 Å². The highest BCUT2D eigenvalue weighted by Gasteiger charge is 2.35. The van der Waals surface area contributed by atoms with Crippen molar-refractivity contribution in [3.63, 3.8) is 0 Å². The van der Waals surface area contributed by atoms with Crippen molar-refractivity contribution < 1.29 is 9.59 Å². The number of hydrogen-bond donors (Lipinski definition) is 2. The van der Waals surface area contributed by atoms with Crippen molar-refractivity contribution in [2.24, 2.45) is 5.41 Å². The second-order valence-electron chi connectivity index (χ2n) is 6.91. The zero-order valence-electron chi connectivity index (χ0n) is 14.7. The van der Waals surface area contributed by atoms with Crippen molar-refractivity contribution in [1.82, 2.24) is 10.6 Å². The molecule has 0 saturated carbocycles. The molecule has 1 aliphatic rings. The quantitative estimate of drug-likeness (QED) is 0.596. The molecule has 1 aromatic carbocycles. The van der Waals surface area contributed by atoms with Crippen molar-refractivity contribution in [1.29, 1.82) is 0 Å². The van der Waals surface area contributed by atoms with E-state index in [0.29, 0.717) is 13.1 Å². The minimum atomic E-state index is -1.07. The standard InChI is InChI=1S/C20H28N2O2/c1-20(2,19(24)22-15-17-11-7-4-8-12-17)18(23)21-14-13-16-9-5-3-6-10-16/h4,7-9,11-12H,3,5-6,10,13-15H2,1-2H3,(H,21,23)(H,22,24). The third kappa shape index (κ3) is 5.22. The molecule has 0 radical (unpaired) electrons. The second-order valence-corrected chi connectivity index (χ2v) is 6.91. The monoisotopic (exact) mass is 328 g/mol. The average molecular weight is 328 g/mol. The summed E-state index contributed by atoms with van der Waals surface area (Å²) in [6.07, 6.45) is 7.96. The molecule has 4 heteroatoms. The van der Waals surface area contributed by atoms with Crippen molar-refractivity contribution >= 4 is 11.8 Å². The lowest BCUT2D eigenvalue weighted by molar-refractivity contribution is -0.141. The van der Waals surface area contributed by atoms with Gasteiger partial charge in [-0.15, -0.1) is 0 Å². The predicted octanol–water partition coefficient (Wildman–Crippen LogP) is 3.34. The molecule has 1 aromatic rings. The molecular formula is C20H28N2O2. The first kappa shape index (κ1) is 18.2. The number of amides is 2. The Kier molecular flexibility index (Phi) is 6.59. The number of benzene rings is 1. The van der Waals surface area contributed by atoms with Gasteiger partial charge in [0.2, 0.25) is 11.8 Å². The van der Waals surface area contributed by atoms with Crippen molar-refractivity contribution in [3.8, 4) is 0 Å². The lowest BCUT2D eigenvalue weighted by Crippen LogP contribution is -2.47. The fourth-order valence-corrected chi connectivity index (χ4v) is 2.79. The molecule has 130 valence electrons. The minimum absolute atomic E-state index is 0.218. The Hall–Kier alpha value is -2.10. The van der Waals surface area contributed by atoms with Crippen LogP contribution in [0, 0.1) is 5.41 Å². The minimum Gasteiger partial charge on any atom is -0.355 e. The van der Waals surface area contributed by atoms with E-state index in [4.69, 9.17) is 0 Å². The van der Waals surface area contributed by atoms with Gasteiger partial charge in [-0.2, -0.15) is 0 Å². The summed E-state index contributed by atoms with van der Waals surface area (Å²) < 4.78 is 0. The summed E-state index contributed by atoms with van der Waals surface area (Å²) in [5.74, 6) is -0.467. The van der Waals surface area contributed by atoms with E-state index >= 15 is 0 Å². The summed E-state index contributed by atoms with van der Waals surface area (Å²) >= 11 is 0. The van der Waals surface area contributed by atoms with Crippen molar-refractivity contribution in [3.05, 3.63) is 47.5 Å². The van der Waals surface area contributed by atoms with Crippen LogP contribution in [0.5, 0.6) is 0 Å². The highest BCUT2D eigenvalue weighted by atomic mass is 16.2. The summed E-state index contributed by atoms with van der Waals surface area (Å²) in [6, 6.07) is 9.69. The van der Waals surface area contributed by atoms with E-state index in [9.17, 15) is 9.59 Å². The van der Waals surface area contributed by atoms with Crippen LogP contribution >= 0.6 is 0 Å². The molecule has 4 nitrogen and oxygen atoms in total. The normalized spacial score (nSPS) is 14.7. The van der Waals surface area contributed by atoms with Gasteiger partial charge in [0, 0.05) is 13.1 Å². The van der Waals surface area contributed by atoms with Gasteiger partial charge in [-0.25, -0.2) is 0 Å². The third-order valence-electron chi connectivity index (χ3n) is 4.55. The summed E-state index contributed by atoms with van der Waals surface area (Å²) in [4.78, 5) is 24.7. The van der Waals surface area contributed by atoms with Crippen LogP contribution in [0.15, 0.2) is 42.0 Å². The van der Waals surface area contributed by atoms with Gasteiger partial charge >= 0.3 is 0 Å². The van der Waals surface area contributed by atoms with E-state index in [1.165, 1.54) is 18.4 Å². The molecule has 0 bridgehead atoms. The Balaban J connectivity index is 1.78. The van der Waals surface area contributed by atoms with E-state index in [1.807, 2.05) is 30.3 Å². The predicted molar refractivity (Wildman–Crippen MR) is 96.2 cm³/mol. The number of hydrogen-bond acceptors (Lipinski definition) is 2. The van der Waals surface area contributed by atoms with E-state index in [0.717, 1.165) is 24.8 Å². The molecule has 24 heavy (non-hydrogen) atoms. The van der Waals surface area contributed by atoms with Gasteiger partial charge < -0.3 is 10.6 Å². The van der Waals surface area contributed by atoms with Crippen LogP contribution in [0.3, 0.4) is 0 Å². The van der Waals surface area contributed by atoms with Gasteiger partial charge in [-0.3, -0.25) is 9.59 Å². The van der Waals surface area contributed by atoms with Crippen LogP contribution in [0.1, 0.15) is 51.5 Å². The summed E-state index contributed by atoms with van der Waals surface area (Å²) in [5.41, 5.74) is 1.37. The zero-order valence-corrected chi connectivity index (χ0v) is 14.7. The third-order valence-corrected chi connectivity index (χ3v) is 4.55. The van der Waals surface area contributed by atoms with E-state index < -0.39 is 5.41 Å². The van der Waals surface area contributed by atoms with Gasteiger partial charge in [0.1, 0.15) is 5.41 Å². The Morgan fingerprint density at radius 3 is 2.42 bits per heavy atom. The molecule has 0 unspecified atom stereocenters.